The number of ether oxygens (including phenoxy) is 1. The van der Waals surface area contributed by atoms with Crippen LogP contribution >= 0.6 is 11.3 Å². The Morgan fingerprint density at radius 3 is 3.00 bits per heavy atom. The number of nitrogens with one attached hydrogen (secondary N) is 1. The summed E-state index contributed by atoms with van der Waals surface area (Å²) < 4.78 is 4.57. The molecule has 0 bridgehead atoms. The van der Waals surface area contributed by atoms with Crippen LogP contribution in [0.15, 0.2) is 24.3 Å². The number of rotatable bonds is 3. The van der Waals surface area contributed by atoms with Crippen molar-refractivity contribution in [3.63, 3.8) is 0 Å². The summed E-state index contributed by atoms with van der Waals surface area (Å²) in [4.78, 5) is 31.1. The Morgan fingerprint density at radius 1 is 1.42 bits per heavy atom. The minimum absolute atomic E-state index is 0.113. The molecule has 1 aliphatic rings. The van der Waals surface area contributed by atoms with Crippen LogP contribution < -0.4 is 5.32 Å². The molecule has 0 saturated carbocycles. The van der Waals surface area contributed by atoms with Gasteiger partial charge in [-0.25, -0.2) is 9.78 Å². The van der Waals surface area contributed by atoms with Crippen LogP contribution in [0.2, 0.25) is 0 Å². The Kier molecular flexibility index (Phi) is 4.80. The zero-order valence-corrected chi connectivity index (χ0v) is 14.5. The number of amides is 2. The first-order valence-corrected chi connectivity index (χ1v) is 8.53. The quantitative estimate of drug-likeness (QED) is 0.928. The van der Waals surface area contributed by atoms with Crippen molar-refractivity contribution in [1.82, 2.24) is 9.88 Å². The summed E-state index contributed by atoms with van der Waals surface area (Å²) in [6.07, 6.45) is 0.575. The highest BCUT2D eigenvalue weighted by Crippen LogP contribution is 2.28. The fourth-order valence-corrected chi connectivity index (χ4v) is 3.72. The van der Waals surface area contributed by atoms with Crippen LogP contribution in [-0.2, 0) is 28.9 Å². The lowest BCUT2D eigenvalue weighted by Crippen LogP contribution is -2.36. The van der Waals surface area contributed by atoms with Crippen LogP contribution in [0.5, 0.6) is 0 Å². The van der Waals surface area contributed by atoms with Gasteiger partial charge in [-0.3, -0.25) is 10.1 Å². The van der Waals surface area contributed by atoms with E-state index in [1.807, 2.05) is 36.1 Å². The lowest BCUT2D eigenvalue weighted by molar-refractivity contribution is -0.131. The SMILES string of the molecule is COC(=O)Nc1nc2c(s1)CN(C(=O)Cc1cccc(C)c1)CC2. The van der Waals surface area contributed by atoms with Gasteiger partial charge in [0.1, 0.15) is 0 Å². The van der Waals surface area contributed by atoms with Gasteiger partial charge >= 0.3 is 6.09 Å². The summed E-state index contributed by atoms with van der Waals surface area (Å²) in [5, 5.41) is 3.10. The molecule has 126 valence electrons. The first-order valence-electron chi connectivity index (χ1n) is 7.72. The highest BCUT2D eigenvalue weighted by Gasteiger charge is 2.24. The molecule has 0 aliphatic carbocycles. The van der Waals surface area contributed by atoms with Crippen molar-refractivity contribution in [2.45, 2.75) is 26.3 Å². The smallest absolute Gasteiger partial charge is 0.413 e. The molecule has 0 saturated heterocycles. The maximum atomic E-state index is 12.5. The molecule has 0 atom stereocenters. The first-order chi connectivity index (χ1) is 11.5. The monoisotopic (exact) mass is 345 g/mol. The minimum atomic E-state index is -0.534. The molecule has 3 rings (SSSR count). The average molecular weight is 345 g/mol. The number of thiazole rings is 1. The van der Waals surface area contributed by atoms with Gasteiger partial charge < -0.3 is 9.64 Å². The van der Waals surface area contributed by atoms with Gasteiger partial charge in [0.2, 0.25) is 5.91 Å². The van der Waals surface area contributed by atoms with E-state index in [9.17, 15) is 9.59 Å². The number of hydrogen-bond donors (Lipinski definition) is 1. The second-order valence-corrected chi connectivity index (χ2v) is 6.82. The molecule has 1 aliphatic heterocycles. The third-order valence-corrected chi connectivity index (χ3v) is 4.91. The van der Waals surface area contributed by atoms with Crippen molar-refractivity contribution in [1.29, 1.82) is 0 Å². The molecule has 2 heterocycles. The highest BCUT2D eigenvalue weighted by molar-refractivity contribution is 7.15. The number of benzene rings is 1. The molecule has 2 amide bonds. The molecule has 1 aromatic carbocycles. The van der Waals surface area contributed by atoms with Crippen LogP contribution in [0.3, 0.4) is 0 Å². The normalized spacial score (nSPS) is 13.3. The van der Waals surface area contributed by atoms with E-state index in [2.05, 4.69) is 15.0 Å². The van der Waals surface area contributed by atoms with Crippen molar-refractivity contribution >= 4 is 28.5 Å². The van der Waals surface area contributed by atoms with E-state index in [1.165, 1.54) is 18.4 Å². The Labute approximate surface area is 144 Å². The molecule has 2 aromatic rings. The number of aromatic nitrogens is 1. The second-order valence-electron chi connectivity index (χ2n) is 5.74. The summed E-state index contributed by atoms with van der Waals surface area (Å²) in [5.41, 5.74) is 3.14. The predicted molar refractivity (Wildman–Crippen MR) is 92.1 cm³/mol. The van der Waals surface area contributed by atoms with Gasteiger partial charge in [-0.15, -0.1) is 0 Å². The lowest BCUT2D eigenvalue weighted by Gasteiger charge is -2.26. The lowest BCUT2D eigenvalue weighted by atomic mass is 10.1. The fourth-order valence-electron chi connectivity index (χ4n) is 2.71. The van der Waals surface area contributed by atoms with Gasteiger partial charge in [0.25, 0.3) is 0 Å². The molecule has 0 radical (unpaired) electrons. The zero-order valence-electron chi connectivity index (χ0n) is 13.7. The molecular formula is C17H19N3O3S. The number of carbonyl (C=O) groups is 2. The molecule has 1 N–H and O–H groups in total. The standard InChI is InChI=1S/C17H19N3O3S/c1-11-4-3-5-12(8-11)9-15(21)20-7-6-13-14(10-20)24-16(18-13)19-17(22)23-2/h3-5,8H,6-7,9-10H2,1-2H3,(H,18,19,22). The van der Waals surface area contributed by atoms with Crippen LogP contribution in [-0.4, -0.2) is 35.5 Å². The van der Waals surface area contributed by atoms with Gasteiger partial charge in [0.05, 0.1) is 25.8 Å². The molecule has 6 nitrogen and oxygen atoms in total. The van der Waals surface area contributed by atoms with Gasteiger partial charge in [0.15, 0.2) is 5.13 Å². The van der Waals surface area contributed by atoms with Crippen LogP contribution in [0.1, 0.15) is 21.7 Å². The van der Waals surface area contributed by atoms with E-state index >= 15 is 0 Å². The topological polar surface area (TPSA) is 71.5 Å². The van der Waals surface area contributed by atoms with E-state index in [1.54, 1.807) is 0 Å². The van der Waals surface area contributed by atoms with Gasteiger partial charge in [-0.05, 0) is 12.5 Å². The van der Waals surface area contributed by atoms with Crippen LogP contribution in [0.25, 0.3) is 0 Å². The molecule has 0 unspecified atom stereocenters. The Balaban J connectivity index is 1.66. The molecule has 0 spiro atoms. The third kappa shape index (κ3) is 3.73. The number of methoxy groups -OCH3 is 1. The summed E-state index contributed by atoms with van der Waals surface area (Å²) >= 11 is 1.39. The van der Waals surface area contributed by atoms with Crippen molar-refractivity contribution in [3.8, 4) is 0 Å². The Morgan fingerprint density at radius 2 is 2.25 bits per heavy atom. The molecule has 7 heteroatoms. The Bertz CT molecular complexity index is 772. The van der Waals surface area contributed by atoms with Crippen molar-refractivity contribution in [2.75, 3.05) is 19.0 Å². The number of aryl methyl sites for hydroxylation is 1. The third-order valence-electron chi connectivity index (χ3n) is 3.92. The maximum Gasteiger partial charge on any atom is 0.413 e. The maximum absolute atomic E-state index is 12.5. The van der Waals surface area contributed by atoms with E-state index in [0.29, 0.717) is 31.1 Å². The van der Waals surface area contributed by atoms with Crippen molar-refractivity contribution in [3.05, 3.63) is 46.0 Å². The number of fused-ring (bicyclic) bond motifs is 1. The summed E-state index contributed by atoms with van der Waals surface area (Å²) in [5.74, 6) is 0.113. The second kappa shape index (κ2) is 7.00. The van der Waals surface area contributed by atoms with E-state index in [-0.39, 0.29) is 5.91 Å². The molecule has 1 aromatic heterocycles. The fraction of sp³-hybridized carbons (Fsp3) is 0.353. The molecular weight excluding hydrogens is 326 g/mol. The van der Waals surface area contributed by atoms with Crippen LogP contribution in [0.4, 0.5) is 9.93 Å². The Hall–Kier alpha value is -2.41. The first kappa shape index (κ1) is 16.4. The summed E-state index contributed by atoms with van der Waals surface area (Å²) in [7, 11) is 1.31. The van der Waals surface area contributed by atoms with Gasteiger partial charge in [-0.1, -0.05) is 41.2 Å². The summed E-state index contributed by atoms with van der Waals surface area (Å²) in [6, 6.07) is 8.01. The van der Waals surface area contributed by atoms with E-state index < -0.39 is 6.09 Å². The van der Waals surface area contributed by atoms with Crippen LogP contribution in [0, 0.1) is 6.92 Å². The molecule has 24 heavy (non-hydrogen) atoms. The largest absolute Gasteiger partial charge is 0.453 e. The van der Waals surface area contributed by atoms with E-state index in [0.717, 1.165) is 21.7 Å². The number of carbonyl (C=O) groups excluding carboxylic acids is 2. The average Bonchev–Trinajstić information content (AvgIpc) is 2.95. The number of anilines is 1. The predicted octanol–water partition coefficient (Wildman–Crippen LogP) is 2.76. The van der Waals surface area contributed by atoms with Crippen molar-refractivity contribution < 1.29 is 14.3 Å². The number of nitrogens with zero attached hydrogens (tertiary/aromatic N) is 2. The van der Waals surface area contributed by atoms with E-state index in [4.69, 9.17) is 0 Å². The van der Waals surface area contributed by atoms with Gasteiger partial charge in [-0.2, -0.15) is 0 Å². The van der Waals surface area contributed by atoms with Gasteiger partial charge in [0, 0.05) is 17.8 Å². The van der Waals surface area contributed by atoms with Crippen molar-refractivity contribution in [2.24, 2.45) is 0 Å². The zero-order chi connectivity index (χ0) is 17.1. The molecule has 0 fully saturated rings. The minimum Gasteiger partial charge on any atom is -0.453 e. The number of hydrogen-bond acceptors (Lipinski definition) is 5. The highest BCUT2D eigenvalue weighted by atomic mass is 32.1. The summed E-state index contributed by atoms with van der Waals surface area (Å²) in [6.45, 7) is 3.22.